The molecule has 0 spiro atoms. The Labute approximate surface area is 141 Å². The molecule has 2 amide bonds. The molecule has 0 bridgehead atoms. The third-order valence-corrected chi connectivity index (χ3v) is 4.20. The van der Waals surface area contributed by atoms with Gasteiger partial charge < -0.3 is 11.1 Å². The minimum absolute atomic E-state index is 0.198. The van der Waals surface area contributed by atoms with Gasteiger partial charge >= 0.3 is 6.18 Å². The van der Waals surface area contributed by atoms with E-state index in [1.807, 2.05) is 0 Å². The molecular weight excluding hydrogens is 333 g/mol. The molecule has 2 aromatic rings. The first kappa shape index (κ1) is 17.0. The Bertz CT molecular complexity index is 816. The monoisotopic (exact) mass is 348 g/mol. The van der Waals surface area contributed by atoms with E-state index in [0.717, 1.165) is 6.07 Å². The molecule has 3 rings (SSSR count). The van der Waals surface area contributed by atoms with E-state index < -0.39 is 23.6 Å². The standard InChI is InChI=1S/C18H15F3N2O2/c19-18(20,21)14-4-2-1-3-12(14)13-9-15(13)23-17(25)11-7-5-10(6-8-11)16(22)24/h1-8,13,15H,9H2,(H2,22,24)(H,23,25)/t13-,15+/m0/s1. The largest absolute Gasteiger partial charge is 0.416 e. The van der Waals surface area contributed by atoms with Crippen molar-refractivity contribution in [1.29, 1.82) is 0 Å². The molecule has 1 saturated carbocycles. The fourth-order valence-electron chi connectivity index (χ4n) is 2.81. The van der Waals surface area contributed by atoms with E-state index in [0.29, 0.717) is 12.0 Å². The van der Waals surface area contributed by atoms with Gasteiger partial charge in [-0.2, -0.15) is 13.2 Å². The summed E-state index contributed by atoms with van der Waals surface area (Å²) in [5.41, 5.74) is 5.26. The number of benzene rings is 2. The molecule has 0 aromatic heterocycles. The van der Waals surface area contributed by atoms with Crippen LogP contribution >= 0.6 is 0 Å². The van der Waals surface area contributed by atoms with Gasteiger partial charge in [0.15, 0.2) is 0 Å². The highest BCUT2D eigenvalue weighted by Gasteiger charge is 2.44. The lowest BCUT2D eigenvalue weighted by Gasteiger charge is -2.12. The van der Waals surface area contributed by atoms with Crippen molar-refractivity contribution >= 4 is 11.8 Å². The van der Waals surface area contributed by atoms with E-state index in [-0.39, 0.29) is 23.1 Å². The van der Waals surface area contributed by atoms with Crippen molar-refractivity contribution in [3.63, 3.8) is 0 Å². The number of alkyl halides is 3. The maximum Gasteiger partial charge on any atom is 0.416 e. The second-order valence-corrected chi connectivity index (χ2v) is 5.95. The first-order chi connectivity index (χ1) is 11.8. The first-order valence-corrected chi connectivity index (χ1v) is 7.64. The van der Waals surface area contributed by atoms with Gasteiger partial charge in [-0.1, -0.05) is 18.2 Å². The first-order valence-electron chi connectivity index (χ1n) is 7.64. The van der Waals surface area contributed by atoms with Gasteiger partial charge in [-0.25, -0.2) is 0 Å². The predicted molar refractivity (Wildman–Crippen MR) is 85.0 cm³/mol. The highest BCUT2D eigenvalue weighted by Crippen LogP contribution is 2.46. The molecule has 1 fully saturated rings. The predicted octanol–water partition coefficient (Wildman–Crippen LogP) is 3.09. The maximum atomic E-state index is 13.1. The fourth-order valence-corrected chi connectivity index (χ4v) is 2.81. The number of carbonyl (C=O) groups excluding carboxylic acids is 2. The molecule has 3 N–H and O–H groups in total. The average molecular weight is 348 g/mol. The molecule has 130 valence electrons. The summed E-state index contributed by atoms with van der Waals surface area (Å²) in [4.78, 5) is 23.2. The van der Waals surface area contributed by atoms with Gasteiger partial charge in [0.1, 0.15) is 0 Å². The van der Waals surface area contributed by atoms with Crippen LogP contribution in [0.2, 0.25) is 0 Å². The Morgan fingerprint density at radius 1 is 1.00 bits per heavy atom. The molecule has 1 aliphatic rings. The number of rotatable bonds is 4. The van der Waals surface area contributed by atoms with Crippen LogP contribution in [0.5, 0.6) is 0 Å². The molecule has 25 heavy (non-hydrogen) atoms. The van der Waals surface area contributed by atoms with Gasteiger partial charge in [0.2, 0.25) is 5.91 Å². The van der Waals surface area contributed by atoms with Crippen LogP contribution in [0.25, 0.3) is 0 Å². The number of nitrogens with two attached hydrogens (primary N) is 1. The molecule has 0 aliphatic heterocycles. The van der Waals surface area contributed by atoms with Crippen LogP contribution in [0.1, 0.15) is 44.2 Å². The molecule has 1 aliphatic carbocycles. The van der Waals surface area contributed by atoms with E-state index >= 15 is 0 Å². The minimum atomic E-state index is -4.42. The lowest BCUT2D eigenvalue weighted by molar-refractivity contribution is -0.138. The number of amides is 2. The summed E-state index contributed by atoms with van der Waals surface area (Å²) in [5.74, 6) is -1.35. The molecule has 0 unspecified atom stereocenters. The van der Waals surface area contributed by atoms with E-state index in [9.17, 15) is 22.8 Å². The molecular formula is C18H15F3N2O2. The van der Waals surface area contributed by atoms with Crippen LogP contribution in [-0.4, -0.2) is 17.9 Å². The van der Waals surface area contributed by atoms with Crippen molar-refractivity contribution in [2.75, 3.05) is 0 Å². The molecule has 4 nitrogen and oxygen atoms in total. The van der Waals surface area contributed by atoms with Gasteiger partial charge in [-0.05, 0) is 42.3 Å². The summed E-state index contributed by atoms with van der Waals surface area (Å²) >= 11 is 0. The molecule has 0 heterocycles. The Hall–Kier alpha value is -2.83. The zero-order chi connectivity index (χ0) is 18.2. The zero-order valence-corrected chi connectivity index (χ0v) is 13.0. The topological polar surface area (TPSA) is 72.2 Å². The van der Waals surface area contributed by atoms with Gasteiger partial charge in [0, 0.05) is 23.1 Å². The number of nitrogens with one attached hydrogen (secondary N) is 1. The lowest BCUT2D eigenvalue weighted by atomic mass is 10.0. The van der Waals surface area contributed by atoms with Crippen LogP contribution in [0, 0.1) is 0 Å². The normalized spacial score (nSPS) is 19.3. The van der Waals surface area contributed by atoms with Crippen molar-refractivity contribution in [2.24, 2.45) is 5.73 Å². The van der Waals surface area contributed by atoms with Crippen LogP contribution in [0.4, 0.5) is 13.2 Å². The molecule has 2 aromatic carbocycles. The Morgan fingerprint density at radius 2 is 1.60 bits per heavy atom. The number of carbonyl (C=O) groups is 2. The quantitative estimate of drug-likeness (QED) is 0.891. The third kappa shape index (κ3) is 3.65. The van der Waals surface area contributed by atoms with Crippen molar-refractivity contribution in [2.45, 2.75) is 24.6 Å². The van der Waals surface area contributed by atoms with Crippen LogP contribution in [0.3, 0.4) is 0 Å². The highest BCUT2D eigenvalue weighted by atomic mass is 19.4. The van der Waals surface area contributed by atoms with Crippen LogP contribution in [-0.2, 0) is 6.18 Å². The highest BCUT2D eigenvalue weighted by molar-refractivity contribution is 5.97. The van der Waals surface area contributed by atoms with Crippen LogP contribution < -0.4 is 11.1 Å². The van der Waals surface area contributed by atoms with E-state index in [4.69, 9.17) is 5.73 Å². The lowest BCUT2D eigenvalue weighted by Crippen LogP contribution is -2.27. The summed E-state index contributed by atoms with van der Waals surface area (Å²) < 4.78 is 39.2. The summed E-state index contributed by atoms with van der Waals surface area (Å²) in [5, 5.41) is 2.72. The molecule has 0 radical (unpaired) electrons. The van der Waals surface area contributed by atoms with Crippen molar-refractivity contribution in [3.05, 3.63) is 70.8 Å². The van der Waals surface area contributed by atoms with Crippen LogP contribution in [0.15, 0.2) is 48.5 Å². The number of hydrogen-bond acceptors (Lipinski definition) is 2. The van der Waals surface area contributed by atoms with Gasteiger partial charge in [-0.3, -0.25) is 9.59 Å². The molecule has 7 heteroatoms. The van der Waals surface area contributed by atoms with Gasteiger partial charge in [-0.15, -0.1) is 0 Å². The number of primary amides is 1. The molecule has 0 saturated heterocycles. The van der Waals surface area contributed by atoms with Crippen molar-refractivity contribution in [1.82, 2.24) is 5.32 Å². The zero-order valence-electron chi connectivity index (χ0n) is 13.0. The third-order valence-electron chi connectivity index (χ3n) is 4.20. The van der Waals surface area contributed by atoms with E-state index in [1.165, 1.54) is 36.4 Å². The Balaban J connectivity index is 1.69. The second-order valence-electron chi connectivity index (χ2n) is 5.95. The molecule has 2 atom stereocenters. The number of hydrogen-bond donors (Lipinski definition) is 2. The van der Waals surface area contributed by atoms with E-state index in [1.54, 1.807) is 6.07 Å². The van der Waals surface area contributed by atoms with Crippen molar-refractivity contribution < 1.29 is 22.8 Å². The smallest absolute Gasteiger partial charge is 0.366 e. The van der Waals surface area contributed by atoms with E-state index in [2.05, 4.69) is 5.32 Å². The average Bonchev–Trinajstić information content (AvgIpc) is 3.33. The SMILES string of the molecule is NC(=O)c1ccc(C(=O)N[C@@H]2C[C@H]2c2ccccc2C(F)(F)F)cc1. The second kappa shape index (κ2) is 6.23. The summed E-state index contributed by atoms with van der Waals surface area (Å²) in [6.07, 6.45) is -3.96. The fraction of sp³-hybridized carbons (Fsp3) is 0.222. The van der Waals surface area contributed by atoms with Gasteiger partial charge in [0.05, 0.1) is 5.56 Å². The minimum Gasteiger partial charge on any atom is -0.366 e. The summed E-state index contributed by atoms with van der Waals surface area (Å²) in [6.45, 7) is 0. The summed E-state index contributed by atoms with van der Waals surface area (Å²) in [7, 11) is 0. The van der Waals surface area contributed by atoms with Gasteiger partial charge in [0.25, 0.3) is 5.91 Å². The number of halogens is 3. The summed E-state index contributed by atoms with van der Waals surface area (Å²) in [6, 6.07) is 10.8. The Kier molecular flexibility index (Phi) is 4.24. The Morgan fingerprint density at radius 3 is 2.20 bits per heavy atom. The van der Waals surface area contributed by atoms with Crippen molar-refractivity contribution in [3.8, 4) is 0 Å². The maximum absolute atomic E-state index is 13.1.